The molecule has 0 unspecified atom stereocenters. The van der Waals surface area contributed by atoms with E-state index in [0.29, 0.717) is 0 Å². The van der Waals surface area contributed by atoms with Crippen molar-refractivity contribution < 1.29 is 0 Å². The number of unbranched alkanes of at least 4 members (excludes halogenated alkanes) is 6. The number of rotatable bonds is 22. The van der Waals surface area contributed by atoms with Crippen molar-refractivity contribution in [1.82, 2.24) is 8.75 Å². The van der Waals surface area contributed by atoms with Gasteiger partial charge in [-0.3, -0.25) is 0 Å². The molecule has 2 nitrogen and oxygen atoms in total. The molecule has 0 radical (unpaired) electrons. The molecule has 0 saturated carbocycles. The van der Waals surface area contributed by atoms with E-state index >= 15 is 0 Å². The topological polar surface area (TPSA) is 25.8 Å². The summed E-state index contributed by atoms with van der Waals surface area (Å²) in [6.45, 7) is 4.60. The molecule has 0 aliphatic rings. The number of hydrogen-bond acceptors (Lipinski definition) is 9. The van der Waals surface area contributed by atoms with Crippen LogP contribution in [0.4, 0.5) is 0 Å². The highest BCUT2D eigenvalue weighted by Gasteiger charge is 2.22. The molecule has 9 heteroatoms. The van der Waals surface area contributed by atoms with Crippen molar-refractivity contribution in [2.24, 2.45) is 0 Å². The van der Waals surface area contributed by atoms with Crippen molar-refractivity contribution >= 4 is 182 Å². The zero-order valence-electron chi connectivity index (χ0n) is 48.8. The minimum atomic E-state index is 1.000. The number of fused-ring (bicyclic) bond motifs is 5. The third-order valence-corrected chi connectivity index (χ3v) is 23.7. The van der Waals surface area contributed by atoms with Gasteiger partial charge in [0.2, 0.25) is 0 Å². The Labute approximate surface area is 538 Å². The summed E-state index contributed by atoms with van der Waals surface area (Å²) in [5.74, 6) is 0. The summed E-state index contributed by atoms with van der Waals surface area (Å²) in [7, 11) is 0. The Kier molecular flexibility index (Phi) is 17.5. The Morgan fingerprint density at radius 1 is 0.322 bits per heavy atom. The van der Waals surface area contributed by atoms with E-state index in [0.717, 1.165) is 23.9 Å². The molecular formula is C78H64N2S7. The molecule has 0 bridgehead atoms. The summed E-state index contributed by atoms with van der Waals surface area (Å²) in [5.41, 5.74) is 12.3. The predicted octanol–water partition coefficient (Wildman–Crippen LogP) is 26.3. The van der Waals surface area contributed by atoms with E-state index in [1.54, 1.807) is 22.7 Å². The molecular weight excluding hydrogens is 1190 g/mol. The lowest BCUT2D eigenvalue weighted by Gasteiger charge is -2.13. The second kappa shape index (κ2) is 26.5. The summed E-state index contributed by atoms with van der Waals surface area (Å²) in [6, 6.07) is 63.1. The number of nitrogens with zero attached hydrogens (tertiary/aromatic N) is 2. The zero-order chi connectivity index (χ0) is 58.5. The molecule has 7 heterocycles. The van der Waals surface area contributed by atoms with Gasteiger partial charge in [-0.25, -0.2) is 0 Å². The Balaban J connectivity index is 0.773. The van der Waals surface area contributed by atoms with Gasteiger partial charge < -0.3 is 0 Å². The van der Waals surface area contributed by atoms with Gasteiger partial charge in [0.15, 0.2) is 0 Å². The van der Waals surface area contributed by atoms with Crippen molar-refractivity contribution in [1.29, 1.82) is 0 Å². The summed E-state index contributed by atoms with van der Waals surface area (Å²) >= 11 is 12.5. The van der Waals surface area contributed by atoms with E-state index in [1.165, 1.54) is 199 Å². The van der Waals surface area contributed by atoms with E-state index in [4.69, 9.17) is 8.75 Å². The maximum absolute atomic E-state index is 5.10. The lowest BCUT2D eigenvalue weighted by atomic mass is 9.91. The van der Waals surface area contributed by atoms with Crippen LogP contribution in [0.3, 0.4) is 0 Å². The Hall–Kier alpha value is -7.44. The molecule has 0 amide bonds. The quantitative estimate of drug-likeness (QED) is 0.0499. The molecule has 0 aliphatic carbocycles. The average Bonchev–Trinajstić information content (AvgIpc) is 2.93. The molecule has 0 N–H and O–H groups in total. The molecule has 7 aromatic carbocycles. The van der Waals surface area contributed by atoms with Gasteiger partial charge in [-0.05, 0) is 186 Å². The van der Waals surface area contributed by atoms with Crippen LogP contribution in [0.5, 0.6) is 0 Å². The van der Waals surface area contributed by atoms with Crippen LogP contribution in [0, 0.1) is 0 Å². The molecule has 0 atom stereocenters. The number of aromatic nitrogens is 2. The van der Waals surface area contributed by atoms with E-state index in [-0.39, 0.29) is 0 Å². The van der Waals surface area contributed by atoms with Crippen molar-refractivity contribution in [3.05, 3.63) is 234 Å². The number of thiophene rings is 6. The van der Waals surface area contributed by atoms with Gasteiger partial charge in [0.05, 0.1) is 11.7 Å². The summed E-state index contributed by atoms with van der Waals surface area (Å²) in [6.07, 6.45) is 30.4. The van der Waals surface area contributed by atoms with Crippen molar-refractivity contribution in [3.8, 4) is 40.4 Å². The predicted molar refractivity (Wildman–Crippen MR) is 394 cm³/mol. The number of hydrogen-bond donors (Lipinski definition) is 0. The maximum Gasteiger partial charge on any atom is 0.114 e. The Morgan fingerprint density at radius 3 is 1.01 bits per heavy atom. The van der Waals surface area contributed by atoms with Crippen LogP contribution in [0.25, 0.3) is 143 Å². The monoisotopic (exact) mass is 1250 g/mol. The van der Waals surface area contributed by atoms with Crippen LogP contribution in [0.2, 0.25) is 0 Å². The summed E-state index contributed by atoms with van der Waals surface area (Å²) in [4.78, 5) is 12.9. The van der Waals surface area contributed by atoms with E-state index in [1.807, 2.05) is 45.3 Å². The Morgan fingerprint density at radius 2 is 0.678 bits per heavy atom. The summed E-state index contributed by atoms with van der Waals surface area (Å²) in [5, 5.41) is 14.4. The van der Waals surface area contributed by atoms with E-state index in [2.05, 4.69) is 243 Å². The SMILES string of the molecule is CCCCCCc1cc(-c2ccc(-c3cc(CCCCCC)c(-c4ccc(/C=C/c5c6ccccc6c(/C=C/c6cccs6)c6ccccc56)s4)s3)c3nsnc23)sc1-c1ccc(/C=C/c2c3ccccc3c(/C=C/c3cccs3)c3ccccc23)s1. The van der Waals surface area contributed by atoms with Gasteiger partial charge in [0, 0.05) is 59.9 Å². The average molecular weight is 1250 g/mol. The molecule has 428 valence electrons. The van der Waals surface area contributed by atoms with Crippen LogP contribution >= 0.6 is 79.7 Å². The van der Waals surface area contributed by atoms with Gasteiger partial charge in [0.1, 0.15) is 11.0 Å². The molecule has 14 rings (SSSR count). The van der Waals surface area contributed by atoms with Gasteiger partial charge in [0.25, 0.3) is 0 Å². The minimum absolute atomic E-state index is 1.000. The number of aryl methyl sites for hydroxylation is 2. The highest BCUT2D eigenvalue weighted by Crippen LogP contribution is 2.48. The molecule has 7 aromatic heterocycles. The first-order chi connectivity index (χ1) is 43.1. The highest BCUT2D eigenvalue weighted by molar-refractivity contribution is 7.25. The maximum atomic E-state index is 5.10. The fourth-order valence-electron chi connectivity index (χ4n) is 12.3. The second-order valence-electron chi connectivity index (χ2n) is 22.3. The molecule has 0 aliphatic heterocycles. The van der Waals surface area contributed by atoms with Crippen LogP contribution in [0.15, 0.2) is 181 Å². The fraction of sp³-hybridized carbons (Fsp3) is 0.154. The van der Waals surface area contributed by atoms with Crippen LogP contribution in [0.1, 0.15) is 118 Å². The first kappa shape index (κ1) is 57.3. The lowest BCUT2D eigenvalue weighted by molar-refractivity contribution is 0.668. The second-order valence-corrected chi connectivity index (χ2v) is 29.1. The molecule has 0 fully saturated rings. The number of benzene rings is 7. The van der Waals surface area contributed by atoms with Crippen LogP contribution in [-0.2, 0) is 12.8 Å². The van der Waals surface area contributed by atoms with Gasteiger partial charge in [-0.2, -0.15) is 8.75 Å². The molecule has 14 aromatic rings. The van der Waals surface area contributed by atoms with Crippen molar-refractivity contribution in [2.75, 3.05) is 0 Å². The van der Waals surface area contributed by atoms with Crippen molar-refractivity contribution in [2.45, 2.75) is 78.1 Å². The van der Waals surface area contributed by atoms with Gasteiger partial charge in [-0.15, -0.1) is 68.0 Å². The third kappa shape index (κ3) is 12.0. The molecule has 87 heavy (non-hydrogen) atoms. The first-order valence-corrected chi connectivity index (χ1v) is 36.2. The van der Waals surface area contributed by atoms with E-state index in [9.17, 15) is 0 Å². The fourth-order valence-corrected chi connectivity index (χ4v) is 18.7. The van der Waals surface area contributed by atoms with Gasteiger partial charge >= 0.3 is 0 Å². The van der Waals surface area contributed by atoms with Crippen LogP contribution in [-0.4, -0.2) is 8.75 Å². The standard InChI is InChI=1S/C78H64N2S7/c1-3-5-7-9-21-51-49-73(85-77(51)71-45-37-55(83-71)35-41-67-61-29-15-11-25-57(61)65(39-33-53-23-19-47-81-53)58-26-12-16-30-62(58)67)69-43-44-70(76-75(69)79-87-80-76)74-50-52(22-10-8-6-4-2)78(86-74)72-46-38-56(84-72)36-42-68-63-31-17-13-27-59(63)66(40-34-54-24-20-48-82-54)60-28-14-18-32-64(60)68/h11-20,23-50H,3-10,21-22H2,1-2H3/b39-33+,40-34+,41-35+,42-36+. The minimum Gasteiger partial charge on any atom is -0.172 e. The van der Waals surface area contributed by atoms with Crippen molar-refractivity contribution in [3.63, 3.8) is 0 Å². The first-order valence-electron chi connectivity index (χ1n) is 30.4. The highest BCUT2D eigenvalue weighted by atomic mass is 32.1. The van der Waals surface area contributed by atoms with Crippen LogP contribution < -0.4 is 0 Å². The normalized spacial score (nSPS) is 12.3. The lowest BCUT2D eigenvalue weighted by Crippen LogP contribution is -1.88. The third-order valence-electron chi connectivity index (χ3n) is 16.6. The molecule has 0 spiro atoms. The largest absolute Gasteiger partial charge is 0.172 e. The zero-order valence-corrected chi connectivity index (χ0v) is 54.5. The van der Waals surface area contributed by atoms with E-state index < -0.39 is 0 Å². The Bertz CT molecular complexity index is 4430. The smallest absolute Gasteiger partial charge is 0.114 e. The van der Waals surface area contributed by atoms with Gasteiger partial charge in [-0.1, -0.05) is 198 Å². The summed E-state index contributed by atoms with van der Waals surface area (Å²) < 4.78 is 10.2. The molecule has 0 saturated heterocycles.